The summed E-state index contributed by atoms with van der Waals surface area (Å²) >= 11 is 0. The summed E-state index contributed by atoms with van der Waals surface area (Å²) in [4.78, 5) is 14.4. The molecule has 182 valence electrons. The van der Waals surface area contributed by atoms with E-state index in [1.54, 1.807) is 7.11 Å². The third kappa shape index (κ3) is 10.8. The molecule has 0 unspecified atom stereocenters. The lowest BCUT2D eigenvalue weighted by Crippen LogP contribution is -2.35. The van der Waals surface area contributed by atoms with E-state index >= 15 is 0 Å². The highest BCUT2D eigenvalue weighted by Gasteiger charge is 2.17. The molecule has 2 aromatic carbocycles. The van der Waals surface area contributed by atoms with Gasteiger partial charge in [0, 0.05) is 13.0 Å². The van der Waals surface area contributed by atoms with Crippen LogP contribution in [0.4, 0.5) is 0 Å². The zero-order valence-corrected chi connectivity index (χ0v) is 20.8. The Balaban J connectivity index is 1.90. The molecule has 0 aromatic heterocycles. The maximum absolute atomic E-state index is 12.4. The van der Waals surface area contributed by atoms with Crippen LogP contribution in [-0.2, 0) is 22.4 Å². The molecule has 0 aliphatic rings. The van der Waals surface area contributed by atoms with Crippen molar-refractivity contribution in [2.45, 2.75) is 64.4 Å². The van der Waals surface area contributed by atoms with Crippen LogP contribution in [0.5, 0.6) is 11.5 Å². The number of likely N-dealkylation sites (N-methyl/N-ethyl adjacent to an activating group) is 1. The molecule has 0 bridgehead atoms. The number of aryl methyl sites for hydroxylation is 2. The topological polar surface area (TPSA) is 48.0 Å². The lowest BCUT2D eigenvalue weighted by molar-refractivity contribution is -0.151. The Labute approximate surface area is 200 Å². The van der Waals surface area contributed by atoms with Gasteiger partial charge >= 0.3 is 5.97 Å². The van der Waals surface area contributed by atoms with E-state index in [4.69, 9.17) is 14.2 Å². The van der Waals surface area contributed by atoms with E-state index in [-0.39, 0.29) is 12.1 Å². The summed E-state index contributed by atoms with van der Waals surface area (Å²) in [7, 11) is 5.65. The Bertz CT molecular complexity index is 821. The summed E-state index contributed by atoms with van der Waals surface area (Å²) in [5.74, 6) is 1.59. The standard InChI is InChI=1S/C28H41NO4/c1-5-6-7-8-9-17-28(30)33-26(21-29(2)3)22-32-27-16-11-10-14-24(27)19-18-23-13-12-15-25(20-23)31-4/h10-16,20,26H,5-9,17-19,21-22H2,1-4H3/t26-/m0/s1. The van der Waals surface area contributed by atoms with E-state index in [0.29, 0.717) is 19.6 Å². The number of carbonyl (C=O) groups excluding carboxylic acids is 1. The second-order valence-corrected chi connectivity index (χ2v) is 8.81. The largest absolute Gasteiger partial charge is 0.497 e. The molecule has 33 heavy (non-hydrogen) atoms. The van der Waals surface area contributed by atoms with E-state index in [9.17, 15) is 4.79 Å². The number of esters is 1. The summed E-state index contributed by atoms with van der Waals surface area (Å²) in [6.07, 6.45) is 7.52. The fraction of sp³-hybridized carbons (Fsp3) is 0.536. The van der Waals surface area contributed by atoms with Crippen molar-refractivity contribution in [3.8, 4) is 11.5 Å². The van der Waals surface area contributed by atoms with Gasteiger partial charge in [-0.3, -0.25) is 4.79 Å². The minimum absolute atomic E-state index is 0.131. The summed E-state index contributed by atoms with van der Waals surface area (Å²) in [5, 5.41) is 0. The first-order valence-corrected chi connectivity index (χ1v) is 12.2. The van der Waals surface area contributed by atoms with Crippen LogP contribution in [0.25, 0.3) is 0 Å². The summed E-state index contributed by atoms with van der Waals surface area (Å²) in [5.41, 5.74) is 2.37. The van der Waals surface area contributed by atoms with Crippen molar-refractivity contribution in [1.82, 2.24) is 4.90 Å². The quantitative estimate of drug-likeness (QED) is 0.240. The Morgan fingerprint density at radius 2 is 1.76 bits per heavy atom. The first-order chi connectivity index (χ1) is 16.0. The van der Waals surface area contributed by atoms with Crippen molar-refractivity contribution in [1.29, 1.82) is 0 Å². The zero-order chi connectivity index (χ0) is 23.9. The van der Waals surface area contributed by atoms with Crippen LogP contribution in [0, 0.1) is 0 Å². The van der Waals surface area contributed by atoms with Gasteiger partial charge in [0.05, 0.1) is 7.11 Å². The molecule has 0 aliphatic carbocycles. The molecule has 0 spiro atoms. The van der Waals surface area contributed by atoms with Gasteiger partial charge in [-0.1, -0.05) is 62.9 Å². The second-order valence-electron chi connectivity index (χ2n) is 8.81. The smallest absolute Gasteiger partial charge is 0.306 e. The summed E-state index contributed by atoms with van der Waals surface area (Å²) < 4.78 is 17.3. The number of ether oxygens (including phenoxy) is 3. The molecule has 0 saturated carbocycles. The van der Waals surface area contributed by atoms with Gasteiger partial charge in [0.25, 0.3) is 0 Å². The van der Waals surface area contributed by atoms with Gasteiger partial charge in [-0.15, -0.1) is 0 Å². The number of unbranched alkanes of at least 4 members (excludes halogenated alkanes) is 4. The van der Waals surface area contributed by atoms with Crippen molar-refractivity contribution in [2.75, 3.05) is 34.4 Å². The molecule has 1 atom stereocenters. The van der Waals surface area contributed by atoms with Crippen LogP contribution in [0.15, 0.2) is 48.5 Å². The number of nitrogens with zero attached hydrogens (tertiary/aromatic N) is 1. The van der Waals surface area contributed by atoms with Crippen LogP contribution in [0.2, 0.25) is 0 Å². The molecule has 5 nitrogen and oxygen atoms in total. The second kappa shape index (κ2) is 15.3. The number of para-hydroxylation sites is 1. The number of benzene rings is 2. The monoisotopic (exact) mass is 455 g/mol. The Morgan fingerprint density at radius 3 is 2.52 bits per heavy atom. The molecule has 0 heterocycles. The molecule has 0 fully saturated rings. The third-order valence-corrected chi connectivity index (χ3v) is 5.57. The molecular formula is C28H41NO4. The van der Waals surface area contributed by atoms with E-state index in [0.717, 1.165) is 42.7 Å². The fourth-order valence-electron chi connectivity index (χ4n) is 3.79. The Kier molecular flexibility index (Phi) is 12.4. The average molecular weight is 456 g/mol. The zero-order valence-electron chi connectivity index (χ0n) is 20.8. The van der Waals surface area contributed by atoms with Gasteiger partial charge in [-0.05, 0) is 62.7 Å². The van der Waals surface area contributed by atoms with Crippen molar-refractivity contribution in [2.24, 2.45) is 0 Å². The normalized spacial score (nSPS) is 11.9. The molecule has 0 aliphatic heterocycles. The van der Waals surface area contributed by atoms with Crippen LogP contribution >= 0.6 is 0 Å². The van der Waals surface area contributed by atoms with E-state index in [1.807, 2.05) is 49.3 Å². The van der Waals surface area contributed by atoms with Gasteiger partial charge in [0.1, 0.15) is 24.2 Å². The average Bonchev–Trinajstić information content (AvgIpc) is 2.81. The predicted octanol–water partition coefficient (Wildman–Crippen LogP) is 5.69. The van der Waals surface area contributed by atoms with Gasteiger partial charge < -0.3 is 19.1 Å². The van der Waals surface area contributed by atoms with Gasteiger partial charge in [-0.25, -0.2) is 0 Å². The molecule has 0 N–H and O–H groups in total. The van der Waals surface area contributed by atoms with E-state index in [1.165, 1.54) is 24.8 Å². The first-order valence-electron chi connectivity index (χ1n) is 12.2. The number of hydrogen-bond acceptors (Lipinski definition) is 5. The summed E-state index contributed by atoms with van der Waals surface area (Å²) in [6.45, 7) is 3.17. The maximum atomic E-state index is 12.4. The maximum Gasteiger partial charge on any atom is 0.306 e. The number of hydrogen-bond donors (Lipinski definition) is 0. The molecule has 0 amide bonds. The minimum atomic E-state index is -0.297. The van der Waals surface area contributed by atoms with E-state index < -0.39 is 0 Å². The Hall–Kier alpha value is -2.53. The predicted molar refractivity (Wildman–Crippen MR) is 134 cm³/mol. The van der Waals surface area contributed by atoms with Crippen LogP contribution < -0.4 is 9.47 Å². The van der Waals surface area contributed by atoms with Crippen molar-refractivity contribution in [3.63, 3.8) is 0 Å². The highest BCUT2D eigenvalue weighted by molar-refractivity contribution is 5.69. The number of rotatable bonds is 16. The van der Waals surface area contributed by atoms with Crippen LogP contribution in [-0.4, -0.2) is 51.3 Å². The number of carbonyl (C=O) groups is 1. The molecular weight excluding hydrogens is 414 g/mol. The van der Waals surface area contributed by atoms with Crippen molar-refractivity contribution in [3.05, 3.63) is 59.7 Å². The fourth-order valence-corrected chi connectivity index (χ4v) is 3.79. The third-order valence-electron chi connectivity index (χ3n) is 5.57. The van der Waals surface area contributed by atoms with Gasteiger partial charge in [0.15, 0.2) is 0 Å². The summed E-state index contributed by atoms with van der Waals surface area (Å²) in [6, 6.07) is 16.2. The molecule has 5 heteroatoms. The van der Waals surface area contributed by atoms with Crippen LogP contribution in [0.3, 0.4) is 0 Å². The molecule has 2 aromatic rings. The van der Waals surface area contributed by atoms with E-state index in [2.05, 4.69) is 25.1 Å². The first kappa shape index (κ1) is 26.7. The SMILES string of the molecule is CCCCCCCC(=O)O[C@H](COc1ccccc1CCc1cccc(OC)c1)CN(C)C. The van der Waals surface area contributed by atoms with Crippen molar-refractivity contribution < 1.29 is 19.0 Å². The lowest BCUT2D eigenvalue weighted by Gasteiger charge is -2.22. The van der Waals surface area contributed by atoms with Crippen LogP contribution in [0.1, 0.15) is 56.6 Å². The molecule has 2 rings (SSSR count). The van der Waals surface area contributed by atoms with Crippen molar-refractivity contribution >= 4 is 5.97 Å². The number of methoxy groups -OCH3 is 1. The highest BCUT2D eigenvalue weighted by Crippen LogP contribution is 2.22. The molecule has 0 saturated heterocycles. The highest BCUT2D eigenvalue weighted by atomic mass is 16.6. The Morgan fingerprint density at radius 1 is 0.970 bits per heavy atom. The van der Waals surface area contributed by atoms with Gasteiger partial charge in [-0.2, -0.15) is 0 Å². The minimum Gasteiger partial charge on any atom is -0.497 e. The molecule has 0 radical (unpaired) electrons. The van der Waals surface area contributed by atoms with Gasteiger partial charge in [0.2, 0.25) is 0 Å². The lowest BCUT2D eigenvalue weighted by atomic mass is 10.0.